The zero-order chi connectivity index (χ0) is 19.7. The number of piperidine rings is 2. The van der Waals surface area contributed by atoms with Crippen LogP contribution in [0.15, 0.2) is 4.42 Å². The van der Waals surface area contributed by atoms with Crippen LogP contribution in [0.5, 0.6) is 0 Å². The molecule has 1 aliphatic carbocycles. The molecule has 1 aromatic rings. The van der Waals surface area contributed by atoms with Crippen molar-refractivity contribution in [3.05, 3.63) is 11.8 Å². The van der Waals surface area contributed by atoms with Gasteiger partial charge in [0.2, 0.25) is 23.6 Å². The topological polar surface area (TPSA) is 82.8 Å². The lowest BCUT2D eigenvalue weighted by Crippen LogP contribution is -2.51. The summed E-state index contributed by atoms with van der Waals surface area (Å²) in [5, 5.41) is 7.81. The molecule has 4 rings (SSSR count). The Kier molecular flexibility index (Phi) is 5.66. The summed E-state index contributed by atoms with van der Waals surface area (Å²) in [6.45, 7) is 5.71. The zero-order valence-corrected chi connectivity index (χ0v) is 17.0. The van der Waals surface area contributed by atoms with Crippen molar-refractivity contribution in [3.63, 3.8) is 0 Å². The Morgan fingerprint density at radius 1 is 1.07 bits per heavy atom. The fraction of sp³-hybridized carbons (Fsp3) is 0.800. The van der Waals surface area contributed by atoms with Crippen molar-refractivity contribution >= 4 is 11.8 Å². The summed E-state index contributed by atoms with van der Waals surface area (Å²) in [6.07, 6.45) is 6.18. The first-order chi connectivity index (χ1) is 13.5. The quantitative estimate of drug-likeness (QED) is 0.758. The van der Waals surface area contributed by atoms with E-state index < -0.39 is 0 Å². The first kappa shape index (κ1) is 19.4. The molecule has 3 heterocycles. The lowest BCUT2D eigenvalue weighted by atomic mass is 9.93. The molecule has 1 aromatic heterocycles. The van der Waals surface area contributed by atoms with E-state index in [-0.39, 0.29) is 11.8 Å². The number of aryl methyl sites for hydroxylation is 1. The van der Waals surface area contributed by atoms with Crippen molar-refractivity contribution in [2.75, 3.05) is 33.2 Å². The van der Waals surface area contributed by atoms with E-state index in [9.17, 15) is 9.59 Å². The van der Waals surface area contributed by atoms with Crippen LogP contribution in [-0.2, 0) is 16.1 Å². The smallest absolute Gasteiger partial charge is 0.235 e. The standard InChI is InChI=1S/C20H31N5O3/c1-14-21-22-18(28-14)13-23(2)19(26)16-4-3-9-25(12-16)17-7-10-24(11-8-17)20(27)15-5-6-15/h15-17H,3-13H2,1-2H3/t16-/m0/s1. The van der Waals surface area contributed by atoms with Crippen LogP contribution >= 0.6 is 0 Å². The second-order valence-electron chi connectivity index (χ2n) is 8.57. The zero-order valence-electron chi connectivity index (χ0n) is 17.0. The van der Waals surface area contributed by atoms with Gasteiger partial charge in [0.1, 0.15) is 0 Å². The van der Waals surface area contributed by atoms with Crippen LogP contribution in [-0.4, -0.2) is 76.0 Å². The van der Waals surface area contributed by atoms with Gasteiger partial charge in [-0.2, -0.15) is 0 Å². The minimum Gasteiger partial charge on any atom is -0.424 e. The Morgan fingerprint density at radius 2 is 1.82 bits per heavy atom. The first-order valence-electron chi connectivity index (χ1n) is 10.6. The highest BCUT2D eigenvalue weighted by Crippen LogP contribution is 2.32. The van der Waals surface area contributed by atoms with E-state index >= 15 is 0 Å². The number of carbonyl (C=O) groups is 2. The average Bonchev–Trinajstić information content (AvgIpc) is 3.49. The summed E-state index contributed by atoms with van der Waals surface area (Å²) >= 11 is 0. The predicted molar refractivity (Wildman–Crippen MR) is 102 cm³/mol. The van der Waals surface area contributed by atoms with Gasteiger partial charge in [0.15, 0.2) is 0 Å². The maximum Gasteiger partial charge on any atom is 0.235 e. The number of hydrogen-bond donors (Lipinski definition) is 0. The first-order valence-corrected chi connectivity index (χ1v) is 10.6. The Labute approximate surface area is 166 Å². The van der Waals surface area contributed by atoms with Gasteiger partial charge in [0, 0.05) is 45.6 Å². The summed E-state index contributed by atoms with van der Waals surface area (Å²) in [5.41, 5.74) is 0. The van der Waals surface area contributed by atoms with Gasteiger partial charge in [-0.3, -0.25) is 14.5 Å². The van der Waals surface area contributed by atoms with Crippen LogP contribution < -0.4 is 0 Å². The minimum atomic E-state index is 0.0221. The number of nitrogens with zero attached hydrogens (tertiary/aromatic N) is 5. The van der Waals surface area contributed by atoms with Crippen molar-refractivity contribution in [1.82, 2.24) is 24.9 Å². The molecule has 2 amide bonds. The van der Waals surface area contributed by atoms with Crippen LogP contribution in [0.3, 0.4) is 0 Å². The average molecular weight is 390 g/mol. The van der Waals surface area contributed by atoms with Crippen molar-refractivity contribution in [3.8, 4) is 0 Å². The third-order valence-corrected chi connectivity index (χ3v) is 6.34. The van der Waals surface area contributed by atoms with E-state index in [0.717, 1.165) is 64.7 Å². The third-order valence-electron chi connectivity index (χ3n) is 6.34. The van der Waals surface area contributed by atoms with E-state index in [1.165, 1.54) is 0 Å². The number of likely N-dealkylation sites (tertiary alicyclic amines) is 2. The maximum absolute atomic E-state index is 12.9. The van der Waals surface area contributed by atoms with Gasteiger partial charge in [-0.05, 0) is 45.1 Å². The molecule has 0 spiro atoms. The Balaban J connectivity index is 1.27. The Morgan fingerprint density at radius 3 is 2.46 bits per heavy atom. The molecule has 28 heavy (non-hydrogen) atoms. The number of amides is 2. The van der Waals surface area contributed by atoms with Crippen LogP contribution in [0.2, 0.25) is 0 Å². The number of hydrogen-bond acceptors (Lipinski definition) is 6. The molecule has 8 heteroatoms. The number of aromatic nitrogens is 2. The van der Waals surface area contributed by atoms with Crippen LogP contribution in [0.1, 0.15) is 50.3 Å². The molecule has 3 fully saturated rings. The lowest BCUT2D eigenvalue weighted by Gasteiger charge is -2.42. The molecule has 0 unspecified atom stereocenters. The monoisotopic (exact) mass is 389 g/mol. The minimum absolute atomic E-state index is 0.0221. The van der Waals surface area contributed by atoms with Crippen LogP contribution in [0.25, 0.3) is 0 Å². The molecule has 3 aliphatic rings. The van der Waals surface area contributed by atoms with Gasteiger partial charge in [-0.15, -0.1) is 10.2 Å². The second kappa shape index (κ2) is 8.19. The van der Waals surface area contributed by atoms with Crippen molar-refractivity contribution in [2.24, 2.45) is 11.8 Å². The predicted octanol–water partition coefficient (Wildman–Crippen LogP) is 1.45. The fourth-order valence-electron chi connectivity index (χ4n) is 4.57. The summed E-state index contributed by atoms with van der Waals surface area (Å²) in [5.74, 6) is 1.85. The molecular weight excluding hydrogens is 358 g/mol. The highest BCUT2D eigenvalue weighted by atomic mass is 16.4. The van der Waals surface area contributed by atoms with Gasteiger partial charge in [0.25, 0.3) is 0 Å². The van der Waals surface area contributed by atoms with Gasteiger partial charge >= 0.3 is 0 Å². The molecule has 0 aromatic carbocycles. The van der Waals surface area contributed by atoms with Gasteiger partial charge in [0.05, 0.1) is 12.5 Å². The van der Waals surface area contributed by atoms with Gasteiger partial charge in [-0.25, -0.2) is 0 Å². The van der Waals surface area contributed by atoms with Crippen molar-refractivity contribution in [2.45, 2.75) is 58.0 Å². The molecule has 154 valence electrons. The van der Waals surface area contributed by atoms with E-state index in [4.69, 9.17) is 4.42 Å². The Hall–Kier alpha value is -1.96. The van der Waals surface area contributed by atoms with Crippen molar-refractivity contribution < 1.29 is 14.0 Å². The summed E-state index contributed by atoms with van der Waals surface area (Å²) in [6, 6.07) is 0.489. The van der Waals surface area contributed by atoms with E-state index in [1.807, 2.05) is 7.05 Å². The molecule has 2 saturated heterocycles. The van der Waals surface area contributed by atoms with E-state index in [1.54, 1.807) is 11.8 Å². The Bertz CT molecular complexity index is 708. The molecular formula is C20H31N5O3. The van der Waals surface area contributed by atoms with E-state index in [2.05, 4.69) is 20.0 Å². The molecule has 1 atom stereocenters. The molecule has 0 N–H and O–H groups in total. The highest BCUT2D eigenvalue weighted by Gasteiger charge is 2.37. The normalized spacial score (nSPS) is 24.4. The SMILES string of the molecule is Cc1nnc(CN(C)C(=O)[C@H]2CCCN(C3CCN(C(=O)C4CC4)CC3)C2)o1. The molecule has 8 nitrogen and oxygen atoms in total. The highest BCUT2D eigenvalue weighted by molar-refractivity contribution is 5.81. The van der Waals surface area contributed by atoms with E-state index in [0.29, 0.717) is 36.2 Å². The molecule has 1 saturated carbocycles. The van der Waals surface area contributed by atoms with Crippen molar-refractivity contribution in [1.29, 1.82) is 0 Å². The molecule has 0 radical (unpaired) electrons. The number of rotatable bonds is 5. The third kappa shape index (κ3) is 4.37. The van der Waals surface area contributed by atoms with Gasteiger partial charge < -0.3 is 14.2 Å². The van der Waals surface area contributed by atoms with Gasteiger partial charge in [-0.1, -0.05) is 0 Å². The summed E-state index contributed by atoms with van der Waals surface area (Å²) in [4.78, 5) is 31.4. The molecule has 0 bridgehead atoms. The largest absolute Gasteiger partial charge is 0.424 e. The fourth-order valence-corrected chi connectivity index (χ4v) is 4.57. The summed E-state index contributed by atoms with van der Waals surface area (Å²) < 4.78 is 5.40. The summed E-state index contributed by atoms with van der Waals surface area (Å²) in [7, 11) is 1.81. The lowest BCUT2D eigenvalue weighted by molar-refractivity contribution is -0.137. The maximum atomic E-state index is 12.9. The van der Waals surface area contributed by atoms with Crippen LogP contribution in [0, 0.1) is 18.8 Å². The second-order valence-corrected chi connectivity index (χ2v) is 8.57. The number of carbonyl (C=O) groups excluding carboxylic acids is 2. The molecule has 2 aliphatic heterocycles. The van der Waals surface area contributed by atoms with Crippen LogP contribution in [0.4, 0.5) is 0 Å².